The SMILES string of the molecule is Cc1cc(Cl)c(C(C)C)cc1Oc1ncc(Br)cc1Cl. The topological polar surface area (TPSA) is 22.1 Å². The first-order chi connectivity index (χ1) is 9.38. The molecule has 0 aliphatic carbocycles. The first-order valence-electron chi connectivity index (χ1n) is 6.17. The molecule has 0 saturated heterocycles. The fourth-order valence-corrected chi connectivity index (χ4v) is 2.91. The molecule has 1 aromatic carbocycles. The van der Waals surface area contributed by atoms with Crippen molar-refractivity contribution in [2.45, 2.75) is 26.7 Å². The van der Waals surface area contributed by atoms with Gasteiger partial charge >= 0.3 is 0 Å². The van der Waals surface area contributed by atoms with Crippen molar-refractivity contribution in [1.29, 1.82) is 0 Å². The molecular weight excluding hydrogens is 361 g/mol. The van der Waals surface area contributed by atoms with Crippen LogP contribution in [-0.2, 0) is 0 Å². The lowest BCUT2D eigenvalue weighted by molar-refractivity contribution is 0.458. The average molecular weight is 375 g/mol. The molecule has 0 radical (unpaired) electrons. The molecule has 20 heavy (non-hydrogen) atoms. The van der Waals surface area contributed by atoms with Crippen LogP contribution in [0.15, 0.2) is 28.9 Å². The minimum Gasteiger partial charge on any atom is -0.437 e. The molecule has 0 spiro atoms. The van der Waals surface area contributed by atoms with Crippen LogP contribution in [0.4, 0.5) is 0 Å². The van der Waals surface area contributed by atoms with Crippen LogP contribution in [0.2, 0.25) is 10.0 Å². The second kappa shape index (κ2) is 6.33. The number of halogens is 3. The molecule has 0 aliphatic heterocycles. The Kier molecular flexibility index (Phi) is 4.95. The minimum atomic E-state index is 0.318. The van der Waals surface area contributed by atoms with E-state index in [1.165, 1.54) is 0 Å². The van der Waals surface area contributed by atoms with Crippen molar-refractivity contribution < 1.29 is 4.74 Å². The highest BCUT2D eigenvalue weighted by Crippen LogP contribution is 2.35. The Morgan fingerprint density at radius 2 is 1.85 bits per heavy atom. The van der Waals surface area contributed by atoms with E-state index in [9.17, 15) is 0 Å². The van der Waals surface area contributed by atoms with Crippen molar-refractivity contribution >= 4 is 39.1 Å². The van der Waals surface area contributed by atoms with E-state index >= 15 is 0 Å². The zero-order valence-corrected chi connectivity index (χ0v) is 14.5. The van der Waals surface area contributed by atoms with Gasteiger partial charge in [-0.15, -0.1) is 0 Å². The second-order valence-corrected chi connectivity index (χ2v) is 6.57. The normalized spacial score (nSPS) is 10.9. The Bertz CT molecular complexity index is 644. The molecule has 0 fully saturated rings. The number of rotatable bonds is 3. The van der Waals surface area contributed by atoms with Gasteiger partial charge < -0.3 is 4.74 Å². The van der Waals surface area contributed by atoms with E-state index in [0.717, 1.165) is 26.4 Å². The van der Waals surface area contributed by atoms with E-state index in [1.54, 1.807) is 12.3 Å². The summed E-state index contributed by atoms with van der Waals surface area (Å²) in [7, 11) is 0. The number of pyridine rings is 1. The third kappa shape index (κ3) is 3.46. The number of aryl methyl sites for hydroxylation is 1. The van der Waals surface area contributed by atoms with Gasteiger partial charge in [0.15, 0.2) is 0 Å². The third-order valence-electron chi connectivity index (χ3n) is 2.90. The van der Waals surface area contributed by atoms with E-state index in [0.29, 0.717) is 16.8 Å². The molecule has 0 unspecified atom stereocenters. The number of hydrogen-bond acceptors (Lipinski definition) is 2. The van der Waals surface area contributed by atoms with Gasteiger partial charge in [-0.1, -0.05) is 37.0 Å². The molecule has 106 valence electrons. The van der Waals surface area contributed by atoms with Crippen LogP contribution in [0.5, 0.6) is 11.6 Å². The number of ether oxygens (including phenoxy) is 1. The predicted molar refractivity (Wildman–Crippen MR) is 87.3 cm³/mol. The molecule has 0 saturated carbocycles. The fourth-order valence-electron chi connectivity index (χ4n) is 1.80. The van der Waals surface area contributed by atoms with Crippen LogP contribution in [0.3, 0.4) is 0 Å². The van der Waals surface area contributed by atoms with Gasteiger partial charge in [0.25, 0.3) is 0 Å². The molecule has 0 amide bonds. The smallest absolute Gasteiger partial charge is 0.238 e. The largest absolute Gasteiger partial charge is 0.437 e. The van der Waals surface area contributed by atoms with Crippen LogP contribution >= 0.6 is 39.1 Å². The maximum atomic E-state index is 6.25. The maximum absolute atomic E-state index is 6.25. The maximum Gasteiger partial charge on any atom is 0.238 e. The first-order valence-corrected chi connectivity index (χ1v) is 7.72. The van der Waals surface area contributed by atoms with Gasteiger partial charge in [0.2, 0.25) is 5.88 Å². The first kappa shape index (κ1) is 15.6. The Balaban J connectivity index is 2.40. The lowest BCUT2D eigenvalue weighted by Crippen LogP contribution is -1.95. The summed E-state index contributed by atoms with van der Waals surface area (Å²) in [4.78, 5) is 4.18. The number of nitrogens with zero attached hydrogens (tertiary/aromatic N) is 1. The summed E-state index contributed by atoms with van der Waals surface area (Å²) >= 11 is 15.7. The Labute approximate surface area is 137 Å². The quantitative estimate of drug-likeness (QED) is 0.622. The van der Waals surface area contributed by atoms with Gasteiger partial charge in [0, 0.05) is 15.7 Å². The van der Waals surface area contributed by atoms with Crippen molar-refractivity contribution in [2.24, 2.45) is 0 Å². The van der Waals surface area contributed by atoms with E-state index < -0.39 is 0 Å². The summed E-state index contributed by atoms with van der Waals surface area (Å²) in [6, 6.07) is 5.60. The van der Waals surface area contributed by atoms with Gasteiger partial charge in [0.05, 0.1) is 0 Å². The van der Waals surface area contributed by atoms with Gasteiger partial charge in [0.1, 0.15) is 10.8 Å². The monoisotopic (exact) mass is 373 g/mol. The molecule has 2 rings (SSSR count). The highest BCUT2D eigenvalue weighted by Gasteiger charge is 2.13. The fraction of sp³-hybridized carbons (Fsp3) is 0.267. The van der Waals surface area contributed by atoms with E-state index in [1.807, 2.05) is 19.1 Å². The average Bonchev–Trinajstić information content (AvgIpc) is 2.35. The summed E-state index contributed by atoms with van der Waals surface area (Å²) in [6.45, 7) is 6.12. The lowest BCUT2D eigenvalue weighted by Gasteiger charge is -2.14. The van der Waals surface area contributed by atoms with Crippen molar-refractivity contribution in [3.05, 3.63) is 50.0 Å². The number of hydrogen-bond donors (Lipinski definition) is 0. The van der Waals surface area contributed by atoms with Crippen LogP contribution in [0.25, 0.3) is 0 Å². The van der Waals surface area contributed by atoms with Crippen molar-refractivity contribution in [1.82, 2.24) is 4.98 Å². The zero-order valence-electron chi connectivity index (χ0n) is 11.4. The summed E-state index contributed by atoms with van der Waals surface area (Å²) in [5.41, 5.74) is 1.99. The molecular formula is C15H14BrCl2NO. The Morgan fingerprint density at radius 3 is 2.45 bits per heavy atom. The Hall–Kier alpha value is -0.770. The summed E-state index contributed by atoms with van der Waals surface area (Å²) in [5.74, 6) is 1.42. The molecule has 0 aliphatic rings. The molecule has 1 heterocycles. The van der Waals surface area contributed by atoms with Gasteiger partial charge in [-0.05, 0) is 58.1 Å². The van der Waals surface area contributed by atoms with Crippen LogP contribution < -0.4 is 4.74 Å². The number of aromatic nitrogens is 1. The number of benzene rings is 1. The molecule has 1 aromatic heterocycles. The minimum absolute atomic E-state index is 0.318. The van der Waals surface area contributed by atoms with E-state index in [4.69, 9.17) is 27.9 Å². The van der Waals surface area contributed by atoms with Gasteiger partial charge in [-0.25, -0.2) is 4.98 Å². The standard InChI is InChI=1S/C15H14BrCl2NO/c1-8(2)11-6-14(9(3)4-12(11)17)20-15-13(18)5-10(16)7-19-15/h4-8H,1-3H3. The molecule has 2 nitrogen and oxygen atoms in total. The Morgan fingerprint density at radius 1 is 1.15 bits per heavy atom. The highest BCUT2D eigenvalue weighted by atomic mass is 79.9. The summed E-state index contributed by atoms with van der Waals surface area (Å²) in [6.07, 6.45) is 1.65. The third-order valence-corrected chi connectivity index (χ3v) is 3.93. The van der Waals surface area contributed by atoms with Crippen molar-refractivity contribution in [3.63, 3.8) is 0 Å². The van der Waals surface area contributed by atoms with Crippen molar-refractivity contribution in [2.75, 3.05) is 0 Å². The second-order valence-electron chi connectivity index (χ2n) is 4.84. The van der Waals surface area contributed by atoms with E-state index in [2.05, 4.69) is 34.8 Å². The molecule has 0 atom stereocenters. The highest BCUT2D eigenvalue weighted by molar-refractivity contribution is 9.10. The summed E-state index contributed by atoms with van der Waals surface area (Å²) in [5, 5.41) is 1.21. The summed E-state index contributed by atoms with van der Waals surface area (Å²) < 4.78 is 6.63. The lowest BCUT2D eigenvalue weighted by atomic mass is 10.0. The van der Waals surface area contributed by atoms with Crippen LogP contribution in [0.1, 0.15) is 30.9 Å². The molecule has 0 N–H and O–H groups in total. The molecule has 5 heteroatoms. The van der Waals surface area contributed by atoms with E-state index in [-0.39, 0.29) is 0 Å². The molecule has 2 aromatic rings. The zero-order chi connectivity index (χ0) is 14.9. The predicted octanol–water partition coefficient (Wildman–Crippen LogP) is 6.38. The van der Waals surface area contributed by atoms with Crippen molar-refractivity contribution in [3.8, 4) is 11.6 Å². The van der Waals surface area contributed by atoms with Crippen LogP contribution in [0, 0.1) is 6.92 Å². The van der Waals surface area contributed by atoms with Gasteiger partial charge in [-0.2, -0.15) is 0 Å². The molecule has 0 bridgehead atoms. The van der Waals surface area contributed by atoms with Crippen LogP contribution in [-0.4, -0.2) is 4.98 Å². The van der Waals surface area contributed by atoms with Gasteiger partial charge in [-0.3, -0.25) is 0 Å².